The molecule has 1 fully saturated rings. The lowest BCUT2D eigenvalue weighted by Gasteiger charge is -2.36. The Morgan fingerprint density at radius 3 is 2.28 bits per heavy atom. The first kappa shape index (κ1) is 19.1. The van der Waals surface area contributed by atoms with Crippen molar-refractivity contribution in [2.75, 3.05) is 52.8 Å². The fraction of sp³-hybridized carbons (Fsp3) is 0.556. The summed E-state index contributed by atoms with van der Waals surface area (Å²) in [5, 5.41) is 2.80. The van der Waals surface area contributed by atoms with E-state index in [1.165, 1.54) is 7.11 Å². The van der Waals surface area contributed by atoms with Crippen molar-refractivity contribution in [1.82, 2.24) is 9.80 Å². The normalized spacial score (nSPS) is 15.6. The Kier molecular flexibility index (Phi) is 5.89. The van der Waals surface area contributed by atoms with E-state index in [1.54, 1.807) is 44.1 Å². The summed E-state index contributed by atoms with van der Waals surface area (Å²) in [5.41, 5.74) is -0.699. The number of piperazine rings is 1. The third-order valence-electron chi connectivity index (χ3n) is 4.55. The molecule has 0 saturated carbocycles. The van der Waals surface area contributed by atoms with E-state index in [1.807, 2.05) is 7.05 Å². The van der Waals surface area contributed by atoms with Crippen LogP contribution >= 0.6 is 0 Å². The Morgan fingerprint density at radius 1 is 1.08 bits per heavy atom. The van der Waals surface area contributed by atoms with Crippen molar-refractivity contribution >= 4 is 17.5 Å². The number of hydrogen-bond donors (Lipinski definition) is 1. The predicted octanol–water partition coefficient (Wildman–Crippen LogP) is 1.44. The first-order chi connectivity index (χ1) is 11.8. The lowest BCUT2D eigenvalue weighted by molar-refractivity contribution is -0.147. The molecule has 0 spiro atoms. The maximum absolute atomic E-state index is 12.8. The highest BCUT2D eigenvalue weighted by molar-refractivity contribution is 6.10. The number of nitrogens with zero attached hydrogens (tertiary/aromatic N) is 2. The molecule has 7 nitrogen and oxygen atoms in total. The molecule has 1 saturated heterocycles. The summed E-state index contributed by atoms with van der Waals surface area (Å²) in [6.07, 6.45) is 0. The van der Waals surface area contributed by atoms with Gasteiger partial charge in [0.2, 0.25) is 11.8 Å². The molecule has 2 amide bonds. The Balaban J connectivity index is 2.14. The number of anilines is 1. The van der Waals surface area contributed by atoms with Gasteiger partial charge in [-0.3, -0.25) is 9.59 Å². The molecule has 0 aliphatic carbocycles. The monoisotopic (exact) mass is 349 g/mol. The summed E-state index contributed by atoms with van der Waals surface area (Å²) in [4.78, 5) is 29.5. The number of benzene rings is 1. The molecule has 1 heterocycles. The van der Waals surface area contributed by atoms with Gasteiger partial charge >= 0.3 is 0 Å². The van der Waals surface area contributed by atoms with Gasteiger partial charge < -0.3 is 24.6 Å². The van der Waals surface area contributed by atoms with Crippen LogP contribution in [0.4, 0.5) is 5.69 Å². The average Bonchev–Trinajstić information content (AvgIpc) is 2.61. The predicted molar refractivity (Wildman–Crippen MR) is 96.0 cm³/mol. The Bertz CT molecular complexity index is 637. The lowest BCUT2D eigenvalue weighted by Crippen LogP contribution is -2.53. The number of carbonyl (C=O) groups is 2. The zero-order chi connectivity index (χ0) is 18.6. The smallest absolute Gasteiger partial charge is 0.239 e. The van der Waals surface area contributed by atoms with Gasteiger partial charge in [-0.1, -0.05) is 0 Å². The van der Waals surface area contributed by atoms with Crippen LogP contribution in [0.5, 0.6) is 11.5 Å². The SMILES string of the molecule is COc1ccc(OC)c(NC(=O)C(C)(C)C(=O)N2CCN(C)CC2)c1. The van der Waals surface area contributed by atoms with Crippen molar-refractivity contribution in [2.45, 2.75) is 13.8 Å². The molecule has 0 atom stereocenters. The van der Waals surface area contributed by atoms with E-state index in [-0.39, 0.29) is 11.8 Å². The number of ether oxygens (including phenoxy) is 2. The van der Waals surface area contributed by atoms with Gasteiger partial charge in [0, 0.05) is 32.2 Å². The van der Waals surface area contributed by atoms with Gasteiger partial charge in [0.25, 0.3) is 0 Å². The van der Waals surface area contributed by atoms with E-state index >= 15 is 0 Å². The lowest BCUT2D eigenvalue weighted by atomic mass is 9.89. The quantitative estimate of drug-likeness (QED) is 0.815. The second-order valence-corrected chi connectivity index (χ2v) is 6.74. The second kappa shape index (κ2) is 7.74. The molecule has 7 heteroatoms. The van der Waals surface area contributed by atoms with Crippen LogP contribution in [0.15, 0.2) is 18.2 Å². The fourth-order valence-electron chi connectivity index (χ4n) is 2.69. The molecule has 1 aliphatic heterocycles. The Labute approximate surface area is 148 Å². The van der Waals surface area contributed by atoms with Gasteiger partial charge in [-0.15, -0.1) is 0 Å². The highest BCUT2D eigenvalue weighted by Gasteiger charge is 2.40. The summed E-state index contributed by atoms with van der Waals surface area (Å²) < 4.78 is 10.5. The topological polar surface area (TPSA) is 71.1 Å². The third kappa shape index (κ3) is 4.22. The standard InChI is InChI=1S/C18H27N3O4/c1-18(2,17(23)21-10-8-20(3)9-11-21)16(22)19-14-12-13(24-4)6-7-15(14)25-5/h6-7,12H,8-11H2,1-5H3,(H,19,22). The molecule has 1 aliphatic rings. The van der Waals surface area contributed by atoms with Crippen LogP contribution in [0.3, 0.4) is 0 Å². The largest absolute Gasteiger partial charge is 0.497 e. The van der Waals surface area contributed by atoms with Crippen molar-refractivity contribution < 1.29 is 19.1 Å². The number of carbonyl (C=O) groups excluding carboxylic acids is 2. The third-order valence-corrected chi connectivity index (χ3v) is 4.55. The van der Waals surface area contributed by atoms with Crippen LogP contribution in [0.25, 0.3) is 0 Å². The number of nitrogens with one attached hydrogen (secondary N) is 1. The highest BCUT2D eigenvalue weighted by Crippen LogP contribution is 2.31. The minimum atomic E-state index is -1.18. The van der Waals surface area contributed by atoms with Crippen molar-refractivity contribution in [3.05, 3.63) is 18.2 Å². The van der Waals surface area contributed by atoms with E-state index < -0.39 is 5.41 Å². The summed E-state index contributed by atoms with van der Waals surface area (Å²) >= 11 is 0. The van der Waals surface area contributed by atoms with Crippen molar-refractivity contribution in [3.63, 3.8) is 0 Å². The van der Waals surface area contributed by atoms with Gasteiger partial charge in [0.05, 0.1) is 19.9 Å². The molecule has 0 aromatic heterocycles. The van der Waals surface area contributed by atoms with Crippen LogP contribution < -0.4 is 14.8 Å². The molecular formula is C18H27N3O4. The van der Waals surface area contributed by atoms with Gasteiger partial charge in [0.1, 0.15) is 16.9 Å². The molecule has 0 bridgehead atoms. The molecule has 1 N–H and O–H groups in total. The van der Waals surface area contributed by atoms with Gasteiger partial charge in [-0.2, -0.15) is 0 Å². The number of rotatable bonds is 5. The molecule has 138 valence electrons. The van der Waals surface area contributed by atoms with E-state index in [0.29, 0.717) is 30.3 Å². The van der Waals surface area contributed by atoms with Crippen LogP contribution in [0.2, 0.25) is 0 Å². The zero-order valence-corrected chi connectivity index (χ0v) is 15.6. The number of amides is 2. The van der Waals surface area contributed by atoms with Crippen molar-refractivity contribution in [3.8, 4) is 11.5 Å². The van der Waals surface area contributed by atoms with Crippen molar-refractivity contribution in [2.24, 2.45) is 5.41 Å². The first-order valence-corrected chi connectivity index (χ1v) is 8.31. The molecule has 0 radical (unpaired) electrons. The van der Waals surface area contributed by atoms with E-state index in [9.17, 15) is 9.59 Å². The summed E-state index contributed by atoms with van der Waals surface area (Å²) in [6, 6.07) is 5.13. The zero-order valence-electron chi connectivity index (χ0n) is 15.6. The van der Waals surface area contributed by atoms with E-state index in [2.05, 4.69) is 10.2 Å². The molecular weight excluding hydrogens is 322 g/mol. The maximum Gasteiger partial charge on any atom is 0.239 e. The highest BCUT2D eigenvalue weighted by atomic mass is 16.5. The Morgan fingerprint density at radius 2 is 1.72 bits per heavy atom. The van der Waals surface area contributed by atoms with E-state index in [4.69, 9.17) is 9.47 Å². The minimum absolute atomic E-state index is 0.167. The maximum atomic E-state index is 12.8. The average molecular weight is 349 g/mol. The number of hydrogen-bond acceptors (Lipinski definition) is 5. The van der Waals surface area contributed by atoms with Crippen LogP contribution in [0.1, 0.15) is 13.8 Å². The van der Waals surface area contributed by atoms with Gasteiger partial charge in [-0.05, 0) is 33.0 Å². The minimum Gasteiger partial charge on any atom is -0.497 e. The van der Waals surface area contributed by atoms with E-state index in [0.717, 1.165) is 13.1 Å². The second-order valence-electron chi connectivity index (χ2n) is 6.74. The number of methoxy groups -OCH3 is 2. The molecule has 2 rings (SSSR count). The summed E-state index contributed by atoms with van der Waals surface area (Å²) in [6.45, 7) is 6.19. The van der Waals surface area contributed by atoms with Crippen LogP contribution in [-0.4, -0.2) is 69.1 Å². The van der Waals surface area contributed by atoms with Crippen LogP contribution in [-0.2, 0) is 9.59 Å². The van der Waals surface area contributed by atoms with Gasteiger partial charge in [-0.25, -0.2) is 0 Å². The Hall–Kier alpha value is -2.28. The van der Waals surface area contributed by atoms with Gasteiger partial charge in [0.15, 0.2) is 0 Å². The van der Waals surface area contributed by atoms with Crippen LogP contribution in [0, 0.1) is 5.41 Å². The molecule has 1 aromatic rings. The first-order valence-electron chi connectivity index (χ1n) is 8.31. The summed E-state index contributed by atoms with van der Waals surface area (Å²) in [5.74, 6) is 0.569. The molecule has 1 aromatic carbocycles. The molecule has 0 unspecified atom stereocenters. The molecule has 25 heavy (non-hydrogen) atoms. The van der Waals surface area contributed by atoms with Crippen molar-refractivity contribution in [1.29, 1.82) is 0 Å². The number of likely N-dealkylation sites (N-methyl/N-ethyl adjacent to an activating group) is 1. The fourth-order valence-corrected chi connectivity index (χ4v) is 2.69. The summed E-state index contributed by atoms with van der Waals surface area (Å²) in [7, 11) is 5.10.